The Balaban J connectivity index is 1.42. The smallest absolute Gasteiger partial charge is 0.363 e. The van der Waals surface area contributed by atoms with E-state index in [1.807, 2.05) is 42.2 Å². The van der Waals surface area contributed by atoms with Gasteiger partial charge < -0.3 is 20.1 Å². The maximum Gasteiger partial charge on any atom is 0.416 e. The van der Waals surface area contributed by atoms with Crippen LogP contribution in [-0.4, -0.2) is 51.3 Å². The summed E-state index contributed by atoms with van der Waals surface area (Å²) in [5, 5.41) is 10.3. The van der Waals surface area contributed by atoms with Crippen LogP contribution in [0.3, 0.4) is 0 Å². The van der Waals surface area contributed by atoms with Gasteiger partial charge in [0.15, 0.2) is 5.82 Å². The van der Waals surface area contributed by atoms with E-state index in [0.29, 0.717) is 56.2 Å². The second-order valence-electron chi connectivity index (χ2n) is 10.2. The van der Waals surface area contributed by atoms with Gasteiger partial charge in [-0.3, -0.25) is 9.59 Å². The molecule has 0 atom stereocenters. The van der Waals surface area contributed by atoms with Gasteiger partial charge >= 0.3 is 6.18 Å². The summed E-state index contributed by atoms with van der Waals surface area (Å²) in [6, 6.07) is 10.7. The van der Waals surface area contributed by atoms with Crippen molar-refractivity contribution in [3.05, 3.63) is 86.0 Å². The molecule has 42 heavy (non-hydrogen) atoms. The molecule has 1 amide bonds. The van der Waals surface area contributed by atoms with E-state index in [0.717, 1.165) is 34.9 Å². The molecule has 0 saturated carbocycles. The van der Waals surface area contributed by atoms with E-state index in [-0.39, 0.29) is 28.6 Å². The molecule has 9 nitrogen and oxygen atoms in total. The number of alkyl halides is 3. The van der Waals surface area contributed by atoms with Crippen molar-refractivity contribution in [2.75, 3.05) is 36.4 Å². The molecule has 2 aromatic carbocycles. The van der Waals surface area contributed by atoms with Crippen molar-refractivity contribution in [3.63, 3.8) is 0 Å². The molecule has 0 radical (unpaired) electrons. The standard InChI is InChI=1S/C29H27ClF3N7O2/c1-2-23-25(38-11-9-34-10-12-38)27(42)40-28(36-26(37-40)19-13-17-5-3-4-6-18(17)14-19)39(23)16-24(41)35-22-8-7-20(15-21(22)30)29(31,32)33/h3-8,13,15,34H,2,9-12,14,16H2,1H3,(H,35,41). The summed E-state index contributed by atoms with van der Waals surface area (Å²) in [6.07, 6.45) is -1.53. The third-order valence-electron chi connectivity index (χ3n) is 7.52. The average Bonchev–Trinajstić information content (AvgIpc) is 3.60. The number of fused-ring (bicyclic) bond motifs is 2. The summed E-state index contributed by atoms with van der Waals surface area (Å²) >= 11 is 6.09. The second kappa shape index (κ2) is 10.9. The van der Waals surface area contributed by atoms with Crippen molar-refractivity contribution in [3.8, 4) is 0 Å². The van der Waals surface area contributed by atoms with Gasteiger partial charge in [0.2, 0.25) is 11.7 Å². The molecule has 1 saturated heterocycles. The monoisotopic (exact) mass is 597 g/mol. The average molecular weight is 598 g/mol. The first-order chi connectivity index (χ1) is 20.1. The summed E-state index contributed by atoms with van der Waals surface area (Å²) in [4.78, 5) is 33.9. The van der Waals surface area contributed by atoms with E-state index >= 15 is 0 Å². The molecular weight excluding hydrogens is 571 g/mol. The van der Waals surface area contributed by atoms with Crippen molar-refractivity contribution < 1.29 is 18.0 Å². The minimum Gasteiger partial charge on any atom is -0.363 e. The highest BCUT2D eigenvalue weighted by Gasteiger charge is 2.31. The van der Waals surface area contributed by atoms with Gasteiger partial charge in [-0.25, -0.2) is 0 Å². The predicted octanol–water partition coefficient (Wildman–Crippen LogP) is 4.27. The van der Waals surface area contributed by atoms with E-state index in [2.05, 4.69) is 15.7 Å². The number of amides is 1. The lowest BCUT2D eigenvalue weighted by atomic mass is 10.1. The Bertz CT molecular complexity index is 1790. The predicted molar refractivity (Wildman–Crippen MR) is 155 cm³/mol. The molecule has 1 fully saturated rings. The Hall–Kier alpha value is -4.16. The van der Waals surface area contributed by atoms with Crippen molar-refractivity contribution in [1.29, 1.82) is 0 Å². The first kappa shape index (κ1) is 28.0. The zero-order chi connectivity index (χ0) is 29.6. The van der Waals surface area contributed by atoms with Crippen LogP contribution < -0.4 is 21.1 Å². The van der Waals surface area contributed by atoms with Crippen LogP contribution in [0.2, 0.25) is 5.02 Å². The minimum absolute atomic E-state index is 0.0446. The number of aromatic nitrogens is 4. The number of carbonyl (C=O) groups excluding carboxylic acids is 1. The summed E-state index contributed by atoms with van der Waals surface area (Å²) in [7, 11) is 0. The normalized spacial score (nSPS) is 15.2. The second-order valence-corrected chi connectivity index (χ2v) is 10.6. The van der Waals surface area contributed by atoms with Crippen molar-refractivity contribution in [2.24, 2.45) is 0 Å². The van der Waals surface area contributed by atoms with Gasteiger partial charge in [-0.2, -0.15) is 22.7 Å². The molecule has 0 spiro atoms. The molecule has 1 aliphatic carbocycles. The number of allylic oxidation sites excluding steroid dienone is 1. The van der Waals surface area contributed by atoms with E-state index < -0.39 is 17.6 Å². The zero-order valence-electron chi connectivity index (χ0n) is 22.6. The highest BCUT2D eigenvalue weighted by atomic mass is 35.5. The third-order valence-corrected chi connectivity index (χ3v) is 7.83. The van der Waals surface area contributed by atoms with Crippen LogP contribution in [0.5, 0.6) is 0 Å². The molecule has 4 aromatic rings. The maximum atomic E-state index is 13.9. The highest BCUT2D eigenvalue weighted by Crippen LogP contribution is 2.34. The number of nitrogens with zero attached hydrogens (tertiary/aromatic N) is 5. The SMILES string of the molecule is CCc1c(N2CCNCC2)c(=O)n2nc(C3=Cc4ccccc4C3)nc2n1CC(=O)Nc1ccc(C(F)(F)F)cc1Cl. The Labute approximate surface area is 243 Å². The lowest BCUT2D eigenvalue weighted by Crippen LogP contribution is -2.47. The number of halogens is 4. The number of carbonyl (C=O) groups is 1. The van der Waals surface area contributed by atoms with Crippen molar-refractivity contribution in [1.82, 2.24) is 24.5 Å². The topological polar surface area (TPSA) is 96.6 Å². The Kier molecular flexibility index (Phi) is 7.27. The van der Waals surface area contributed by atoms with Gasteiger partial charge in [0.05, 0.1) is 22.0 Å². The van der Waals surface area contributed by atoms with Gasteiger partial charge in [-0.15, -0.1) is 5.10 Å². The molecule has 218 valence electrons. The summed E-state index contributed by atoms with van der Waals surface area (Å²) in [6.45, 7) is 4.22. The number of piperazine rings is 1. The van der Waals surface area contributed by atoms with E-state index in [9.17, 15) is 22.8 Å². The number of hydrogen-bond acceptors (Lipinski definition) is 6. The molecule has 13 heteroatoms. The Morgan fingerprint density at radius 2 is 1.90 bits per heavy atom. The molecule has 2 aromatic heterocycles. The number of anilines is 2. The molecule has 2 N–H and O–H groups in total. The van der Waals surface area contributed by atoms with Crippen LogP contribution in [0.25, 0.3) is 17.4 Å². The fourth-order valence-corrected chi connectivity index (χ4v) is 5.73. The van der Waals surface area contributed by atoms with Crippen LogP contribution in [0.1, 0.15) is 35.1 Å². The summed E-state index contributed by atoms with van der Waals surface area (Å²) < 4.78 is 42.2. The highest BCUT2D eigenvalue weighted by molar-refractivity contribution is 6.33. The Morgan fingerprint density at radius 1 is 1.14 bits per heavy atom. The van der Waals surface area contributed by atoms with Crippen LogP contribution in [-0.2, 0) is 30.4 Å². The lowest BCUT2D eigenvalue weighted by Gasteiger charge is -2.31. The van der Waals surface area contributed by atoms with Gasteiger partial charge in [0, 0.05) is 38.2 Å². The molecule has 3 heterocycles. The van der Waals surface area contributed by atoms with Gasteiger partial charge in [-0.05, 0) is 41.8 Å². The fourth-order valence-electron chi connectivity index (χ4n) is 5.50. The van der Waals surface area contributed by atoms with Gasteiger partial charge in [-0.1, -0.05) is 42.8 Å². The molecule has 1 aliphatic heterocycles. The van der Waals surface area contributed by atoms with Crippen LogP contribution >= 0.6 is 11.6 Å². The Morgan fingerprint density at radius 3 is 2.60 bits per heavy atom. The van der Waals surface area contributed by atoms with Crippen molar-refractivity contribution in [2.45, 2.75) is 32.5 Å². The third kappa shape index (κ3) is 5.16. The number of benzene rings is 2. The van der Waals surface area contributed by atoms with E-state index in [4.69, 9.17) is 16.6 Å². The van der Waals surface area contributed by atoms with Gasteiger partial charge in [0.25, 0.3) is 5.56 Å². The van der Waals surface area contributed by atoms with E-state index in [1.54, 1.807) is 4.57 Å². The minimum atomic E-state index is -4.56. The zero-order valence-corrected chi connectivity index (χ0v) is 23.4. The lowest BCUT2D eigenvalue weighted by molar-refractivity contribution is -0.137. The molecule has 6 rings (SSSR count). The van der Waals surface area contributed by atoms with Crippen LogP contribution in [0.4, 0.5) is 24.5 Å². The first-order valence-electron chi connectivity index (χ1n) is 13.6. The quantitative estimate of drug-likeness (QED) is 0.345. The molecular formula is C29H27ClF3N7O2. The molecule has 0 bridgehead atoms. The largest absolute Gasteiger partial charge is 0.416 e. The first-order valence-corrected chi connectivity index (χ1v) is 14.0. The molecule has 2 aliphatic rings. The number of nitrogens with one attached hydrogen (secondary N) is 2. The number of hydrogen-bond donors (Lipinski definition) is 2. The van der Waals surface area contributed by atoms with E-state index in [1.165, 1.54) is 4.52 Å². The van der Waals surface area contributed by atoms with Crippen molar-refractivity contribution >= 4 is 46.3 Å². The van der Waals surface area contributed by atoms with Gasteiger partial charge in [0.1, 0.15) is 12.2 Å². The van der Waals surface area contributed by atoms with Crippen LogP contribution in [0, 0.1) is 0 Å². The fraction of sp³-hybridized carbons (Fsp3) is 0.310. The molecule has 0 unspecified atom stereocenters. The maximum absolute atomic E-state index is 13.9. The van der Waals surface area contributed by atoms with Crippen LogP contribution in [0.15, 0.2) is 47.3 Å². The summed E-state index contributed by atoms with van der Waals surface area (Å²) in [5.41, 5.74) is 2.92. The summed E-state index contributed by atoms with van der Waals surface area (Å²) in [5.74, 6) is 0.0548. The number of rotatable bonds is 6.